The molecule has 452 valence electrons. The summed E-state index contributed by atoms with van der Waals surface area (Å²) in [5.74, 6) is -0.899. The quantitative estimate of drug-likeness (QED) is 0.0261. The van der Waals surface area contributed by atoms with Gasteiger partial charge in [-0.15, -0.1) is 0 Å². The lowest BCUT2D eigenvalue weighted by molar-refractivity contribution is -0.167. The molecular formula is C73H124O6. The Morgan fingerprint density at radius 2 is 0.494 bits per heavy atom. The van der Waals surface area contributed by atoms with Crippen LogP contribution in [0.3, 0.4) is 0 Å². The van der Waals surface area contributed by atoms with Crippen LogP contribution in [0, 0.1) is 0 Å². The van der Waals surface area contributed by atoms with E-state index in [4.69, 9.17) is 14.2 Å². The van der Waals surface area contributed by atoms with Crippen LogP contribution in [0.25, 0.3) is 0 Å². The molecule has 6 heteroatoms. The second-order valence-corrected chi connectivity index (χ2v) is 22.0. The molecule has 0 aromatic carbocycles. The zero-order valence-corrected chi connectivity index (χ0v) is 51.9. The summed E-state index contributed by atoms with van der Waals surface area (Å²) in [6.07, 6.45) is 91.1. The fourth-order valence-electron chi connectivity index (χ4n) is 9.31. The summed E-state index contributed by atoms with van der Waals surface area (Å²) >= 11 is 0. The Labute approximate surface area is 489 Å². The number of hydrogen-bond acceptors (Lipinski definition) is 6. The van der Waals surface area contributed by atoms with E-state index in [1.165, 1.54) is 135 Å². The topological polar surface area (TPSA) is 78.9 Å². The smallest absolute Gasteiger partial charge is 0.306 e. The van der Waals surface area contributed by atoms with Gasteiger partial charge in [0.1, 0.15) is 13.2 Å². The molecule has 0 aliphatic heterocycles. The predicted molar refractivity (Wildman–Crippen MR) is 343 cm³/mol. The van der Waals surface area contributed by atoms with E-state index in [1.807, 2.05) is 0 Å². The molecule has 0 N–H and O–H groups in total. The third-order valence-corrected chi connectivity index (χ3v) is 14.2. The Kier molecular flexibility index (Phi) is 63.3. The number of allylic oxidation sites excluding steroid dienone is 18. The van der Waals surface area contributed by atoms with Gasteiger partial charge in [-0.05, 0) is 116 Å². The molecule has 0 amide bonds. The van der Waals surface area contributed by atoms with Crippen molar-refractivity contribution in [1.82, 2.24) is 0 Å². The van der Waals surface area contributed by atoms with Crippen molar-refractivity contribution < 1.29 is 28.6 Å². The summed E-state index contributed by atoms with van der Waals surface area (Å²) in [5.41, 5.74) is 0. The molecule has 0 fully saturated rings. The van der Waals surface area contributed by atoms with E-state index < -0.39 is 6.10 Å². The van der Waals surface area contributed by atoms with E-state index in [1.54, 1.807) is 0 Å². The van der Waals surface area contributed by atoms with Gasteiger partial charge in [0.15, 0.2) is 6.10 Å². The minimum atomic E-state index is -0.790. The summed E-state index contributed by atoms with van der Waals surface area (Å²) in [4.78, 5) is 38.3. The molecule has 0 aliphatic carbocycles. The van der Waals surface area contributed by atoms with Gasteiger partial charge in [0.2, 0.25) is 0 Å². The molecule has 0 heterocycles. The summed E-state index contributed by atoms with van der Waals surface area (Å²) in [7, 11) is 0. The number of carbonyl (C=O) groups excluding carboxylic acids is 3. The Hall–Kier alpha value is -3.93. The largest absolute Gasteiger partial charge is 0.462 e. The Morgan fingerprint density at radius 3 is 0.772 bits per heavy atom. The molecule has 1 atom stereocenters. The van der Waals surface area contributed by atoms with Gasteiger partial charge in [0.05, 0.1) is 0 Å². The average molecular weight is 1100 g/mol. The van der Waals surface area contributed by atoms with E-state index in [9.17, 15) is 14.4 Å². The molecule has 0 aromatic rings. The van der Waals surface area contributed by atoms with Crippen LogP contribution < -0.4 is 0 Å². The monoisotopic (exact) mass is 1100 g/mol. The zero-order valence-electron chi connectivity index (χ0n) is 51.9. The molecule has 0 radical (unpaired) electrons. The highest BCUT2D eigenvalue weighted by Gasteiger charge is 2.19. The molecule has 6 nitrogen and oxygen atoms in total. The van der Waals surface area contributed by atoms with Gasteiger partial charge in [-0.2, -0.15) is 0 Å². The van der Waals surface area contributed by atoms with Crippen LogP contribution in [0.1, 0.15) is 316 Å². The lowest BCUT2D eigenvalue weighted by Gasteiger charge is -2.18. The van der Waals surface area contributed by atoms with E-state index in [0.29, 0.717) is 19.3 Å². The molecule has 1 unspecified atom stereocenters. The van der Waals surface area contributed by atoms with Gasteiger partial charge in [0.25, 0.3) is 0 Å². The molecule has 79 heavy (non-hydrogen) atoms. The van der Waals surface area contributed by atoms with Crippen LogP contribution in [0.5, 0.6) is 0 Å². The van der Waals surface area contributed by atoms with Crippen molar-refractivity contribution in [2.24, 2.45) is 0 Å². The third kappa shape index (κ3) is 64.8. The number of rotatable bonds is 60. The molecule has 0 spiro atoms. The van der Waals surface area contributed by atoms with Gasteiger partial charge in [-0.3, -0.25) is 14.4 Å². The van der Waals surface area contributed by atoms with E-state index in [2.05, 4.69) is 130 Å². The Morgan fingerprint density at radius 1 is 0.266 bits per heavy atom. The highest BCUT2D eigenvalue weighted by molar-refractivity contribution is 5.71. The number of carbonyl (C=O) groups is 3. The normalized spacial score (nSPS) is 12.8. The van der Waals surface area contributed by atoms with Crippen LogP contribution in [0.2, 0.25) is 0 Å². The van der Waals surface area contributed by atoms with Crippen LogP contribution in [-0.2, 0) is 28.6 Å². The lowest BCUT2D eigenvalue weighted by atomic mass is 10.0. The SMILES string of the molecule is CC/C=C\C/C=C\C/C=C\C/C=C\CCCCCCCCCCCCCCCCCCCCC(=O)OCC(COC(=O)CCCCCCC/C=C\C/C=C\CCC)OC(=O)CCCCCCCCC/C=C\C/C=C\C/C=C\CC. The minimum absolute atomic E-state index is 0.0848. The summed E-state index contributed by atoms with van der Waals surface area (Å²) in [6, 6.07) is 0. The lowest BCUT2D eigenvalue weighted by Crippen LogP contribution is -2.30. The standard InChI is InChI=1S/C73H124O6/c1-4-7-10-13-16-19-22-25-27-29-30-31-32-33-34-35-36-37-38-39-40-41-42-44-45-48-51-54-57-60-63-66-72(75)78-69-70(68-77-71(74)65-62-59-56-53-50-47-24-21-18-15-12-9-6-3)79-73(76)67-64-61-58-55-52-49-46-43-28-26-23-20-17-14-11-8-5-2/h7-8,10-12,15-17,19-21,24-28,30-31,70H,4-6,9,13-14,18,22-23,29,32-69H2,1-3H3/b10-7-,11-8-,15-12-,19-16-,20-17-,24-21-,27-25-,28-26-,31-30-. The molecule has 0 aromatic heterocycles. The number of esters is 3. The highest BCUT2D eigenvalue weighted by atomic mass is 16.6. The molecule has 0 bridgehead atoms. The van der Waals surface area contributed by atoms with Crippen LogP contribution >= 0.6 is 0 Å². The summed E-state index contributed by atoms with van der Waals surface area (Å²) in [6.45, 7) is 6.36. The van der Waals surface area contributed by atoms with Crippen molar-refractivity contribution >= 4 is 17.9 Å². The van der Waals surface area contributed by atoms with Crippen molar-refractivity contribution in [2.75, 3.05) is 13.2 Å². The predicted octanol–water partition coefficient (Wildman–Crippen LogP) is 23.0. The molecule has 0 saturated heterocycles. The fourth-order valence-corrected chi connectivity index (χ4v) is 9.31. The first-order chi connectivity index (χ1) is 39.0. The first kappa shape index (κ1) is 75.1. The molecule has 0 aliphatic rings. The van der Waals surface area contributed by atoms with Crippen molar-refractivity contribution in [3.63, 3.8) is 0 Å². The zero-order chi connectivity index (χ0) is 57.1. The fraction of sp³-hybridized carbons (Fsp3) is 0.712. The average Bonchev–Trinajstić information content (AvgIpc) is 3.45. The number of ether oxygens (including phenoxy) is 3. The summed E-state index contributed by atoms with van der Waals surface area (Å²) in [5, 5.41) is 0. The maximum Gasteiger partial charge on any atom is 0.306 e. The van der Waals surface area contributed by atoms with Gasteiger partial charge >= 0.3 is 17.9 Å². The maximum absolute atomic E-state index is 12.9. The van der Waals surface area contributed by atoms with Crippen molar-refractivity contribution in [2.45, 2.75) is 322 Å². The van der Waals surface area contributed by atoms with E-state index >= 15 is 0 Å². The molecule has 0 rings (SSSR count). The second-order valence-electron chi connectivity index (χ2n) is 22.0. The van der Waals surface area contributed by atoms with Gasteiger partial charge in [-0.25, -0.2) is 0 Å². The molecular weight excluding hydrogens is 973 g/mol. The van der Waals surface area contributed by atoms with Crippen molar-refractivity contribution in [3.8, 4) is 0 Å². The van der Waals surface area contributed by atoms with Crippen LogP contribution in [0.15, 0.2) is 109 Å². The molecule has 0 saturated carbocycles. The van der Waals surface area contributed by atoms with E-state index in [-0.39, 0.29) is 31.1 Å². The van der Waals surface area contributed by atoms with Crippen LogP contribution in [0.4, 0.5) is 0 Å². The first-order valence-electron chi connectivity index (χ1n) is 33.4. The van der Waals surface area contributed by atoms with Crippen molar-refractivity contribution in [3.05, 3.63) is 109 Å². The van der Waals surface area contributed by atoms with E-state index in [0.717, 1.165) is 141 Å². The number of hydrogen-bond donors (Lipinski definition) is 0. The van der Waals surface area contributed by atoms with Gasteiger partial charge < -0.3 is 14.2 Å². The summed E-state index contributed by atoms with van der Waals surface area (Å²) < 4.78 is 16.9. The van der Waals surface area contributed by atoms with Crippen LogP contribution in [-0.4, -0.2) is 37.2 Å². The first-order valence-corrected chi connectivity index (χ1v) is 33.4. The maximum atomic E-state index is 12.9. The van der Waals surface area contributed by atoms with Crippen molar-refractivity contribution in [1.29, 1.82) is 0 Å². The second kappa shape index (κ2) is 66.6. The number of unbranched alkanes of at least 4 members (excludes halogenated alkanes) is 31. The van der Waals surface area contributed by atoms with Gasteiger partial charge in [-0.1, -0.05) is 291 Å². The third-order valence-electron chi connectivity index (χ3n) is 14.2. The van der Waals surface area contributed by atoms with Gasteiger partial charge in [0, 0.05) is 19.3 Å². The minimum Gasteiger partial charge on any atom is -0.462 e. The highest BCUT2D eigenvalue weighted by Crippen LogP contribution is 2.17. The Balaban J connectivity index is 4.20. The Bertz CT molecular complexity index is 1590.